The highest BCUT2D eigenvalue weighted by atomic mass is 127. The minimum absolute atomic E-state index is 0.252. The fourth-order valence-electron chi connectivity index (χ4n) is 1.57. The highest BCUT2D eigenvalue weighted by Crippen LogP contribution is 2.21. The standard InChI is InChI=1S/C14H11IO3/c15-12-7-3-4-8-13(12)18-9-10-5-1-2-6-11(10)14(16)17/h1-8H,9H2,(H,16,17). The zero-order valence-electron chi connectivity index (χ0n) is 9.47. The predicted octanol–water partition coefficient (Wildman–Crippen LogP) is 3.57. The van der Waals surface area contributed by atoms with E-state index in [1.807, 2.05) is 24.3 Å². The predicted molar refractivity (Wildman–Crippen MR) is 76.9 cm³/mol. The number of carboxylic acid groups (broad SMARTS) is 1. The van der Waals surface area contributed by atoms with Gasteiger partial charge in [0.25, 0.3) is 0 Å². The number of rotatable bonds is 4. The van der Waals surface area contributed by atoms with E-state index < -0.39 is 5.97 Å². The van der Waals surface area contributed by atoms with E-state index in [9.17, 15) is 4.79 Å². The van der Waals surface area contributed by atoms with Crippen LogP contribution < -0.4 is 4.74 Å². The molecule has 0 aliphatic rings. The van der Waals surface area contributed by atoms with Crippen molar-refractivity contribution in [3.63, 3.8) is 0 Å². The SMILES string of the molecule is O=C(O)c1ccccc1COc1ccccc1I. The lowest BCUT2D eigenvalue weighted by molar-refractivity contribution is 0.0694. The molecule has 92 valence electrons. The fraction of sp³-hybridized carbons (Fsp3) is 0.0714. The van der Waals surface area contributed by atoms with Crippen molar-refractivity contribution in [2.24, 2.45) is 0 Å². The molecule has 2 aromatic carbocycles. The fourth-order valence-corrected chi connectivity index (χ4v) is 2.12. The summed E-state index contributed by atoms with van der Waals surface area (Å²) in [6, 6.07) is 14.5. The molecule has 3 nitrogen and oxygen atoms in total. The first kappa shape index (κ1) is 12.9. The maximum atomic E-state index is 11.0. The average molecular weight is 354 g/mol. The van der Waals surface area contributed by atoms with Crippen LogP contribution in [0.25, 0.3) is 0 Å². The third-order valence-electron chi connectivity index (χ3n) is 2.47. The number of ether oxygens (including phenoxy) is 1. The highest BCUT2D eigenvalue weighted by Gasteiger charge is 2.09. The molecule has 1 N–H and O–H groups in total. The van der Waals surface area contributed by atoms with Crippen molar-refractivity contribution in [1.82, 2.24) is 0 Å². The van der Waals surface area contributed by atoms with Crippen LogP contribution in [0.15, 0.2) is 48.5 Å². The van der Waals surface area contributed by atoms with Gasteiger partial charge in [-0.05, 0) is 40.8 Å². The summed E-state index contributed by atoms with van der Waals surface area (Å²) in [7, 11) is 0. The first-order valence-corrected chi connectivity index (χ1v) is 6.45. The molecule has 0 radical (unpaired) electrons. The molecule has 2 aromatic rings. The van der Waals surface area contributed by atoms with Crippen molar-refractivity contribution < 1.29 is 14.6 Å². The van der Waals surface area contributed by atoms with E-state index in [1.165, 1.54) is 0 Å². The molecule has 0 unspecified atom stereocenters. The Labute approximate surface area is 119 Å². The van der Waals surface area contributed by atoms with E-state index in [1.54, 1.807) is 24.3 Å². The second-order valence-electron chi connectivity index (χ2n) is 3.68. The molecule has 0 fully saturated rings. The van der Waals surface area contributed by atoms with E-state index >= 15 is 0 Å². The number of carbonyl (C=O) groups is 1. The Balaban J connectivity index is 2.16. The summed E-state index contributed by atoms with van der Waals surface area (Å²) in [5.74, 6) is -0.171. The van der Waals surface area contributed by atoms with E-state index in [0.717, 1.165) is 9.32 Å². The van der Waals surface area contributed by atoms with Crippen molar-refractivity contribution in [3.05, 3.63) is 63.2 Å². The van der Waals surface area contributed by atoms with Gasteiger partial charge in [-0.1, -0.05) is 30.3 Å². The van der Waals surface area contributed by atoms with Crippen LogP contribution in [-0.2, 0) is 6.61 Å². The van der Waals surface area contributed by atoms with Crippen LogP contribution in [0.5, 0.6) is 5.75 Å². The van der Waals surface area contributed by atoms with E-state index in [-0.39, 0.29) is 12.2 Å². The Bertz CT molecular complexity index is 566. The third kappa shape index (κ3) is 3.01. The smallest absolute Gasteiger partial charge is 0.336 e. The highest BCUT2D eigenvalue weighted by molar-refractivity contribution is 14.1. The van der Waals surface area contributed by atoms with E-state index in [0.29, 0.717) is 5.56 Å². The summed E-state index contributed by atoms with van der Waals surface area (Å²) in [6.07, 6.45) is 0. The summed E-state index contributed by atoms with van der Waals surface area (Å²) in [4.78, 5) is 11.0. The summed E-state index contributed by atoms with van der Waals surface area (Å²) >= 11 is 2.18. The number of halogens is 1. The summed E-state index contributed by atoms with van der Waals surface area (Å²) in [5, 5.41) is 9.06. The monoisotopic (exact) mass is 354 g/mol. The molecule has 0 aromatic heterocycles. The van der Waals surface area contributed by atoms with Crippen LogP contribution in [-0.4, -0.2) is 11.1 Å². The largest absolute Gasteiger partial charge is 0.488 e. The van der Waals surface area contributed by atoms with Gasteiger partial charge in [-0.15, -0.1) is 0 Å². The van der Waals surface area contributed by atoms with Crippen molar-refractivity contribution in [3.8, 4) is 5.75 Å². The number of carboxylic acids is 1. The molecule has 0 spiro atoms. The van der Waals surface area contributed by atoms with Gasteiger partial charge >= 0.3 is 5.97 Å². The maximum Gasteiger partial charge on any atom is 0.336 e. The van der Waals surface area contributed by atoms with E-state index in [2.05, 4.69) is 22.6 Å². The van der Waals surface area contributed by atoms with Crippen molar-refractivity contribution in [1.29, 1.82) is 0 Å². The van der Waals surface area contributed by atoms with Gasteiger partial charge in [-0.25, -0.2) is 4.79 Å². The number of benzene rings is 2. The van der Waals surface area contributed by atoms with Crippen molar-refractivity contribution >= 4 is 28.6 Å². The molecular formula is C14H11IO3. The van der Waals surface area contributed by atoms with Gasteiger partial charge in [0.05, 0.1) is 9.13 Å². The molecule has 2 rings (SSSR count). The number of hydrogen-bond donors (Lipinski definition) is 1. The molecule has 4 heteroatoms. The van der Waals surface area contributed by atoms with Crippen LogP contribution in [0.2, 0.25) is 0 Å². The lowest BCUT2D eigenvalue weighted by Gasteiger charge is -2.09. The molecule has 0 saturated carbocycles. The maximum absolute atomic E-state index is 11.0. The summed E-state index contributed by atoms with van der Waals surface area (Å²) in [5.41, 5.74) is 0.952. The Morgan fingerprint density at radius 3 is 2.50 bits per heavy atom. The van der Waals surface area contributed by atoms with Gasteiger partial charge in [-0.3, -0.25) is 0 Å². The summed E-state index contributed by atoms with van der Waals surface area (Å²) in [6.45, 7) is 0.252. The Morgan fingerprint density at radius 2 is 1.78 bits per heavy atom. The zero-order chi connectivity index (χ0) is 13.0. The second-order valence-corrected chi connectivity index (χ2v) is 4.84. The van der Waals surface area contributed by atoms with Crippen molar-refractivity contribution in [2.75, 3.05) is 0 Å². The lowest BCUT2D eigenvalue weighted by Crippen LogP contribution is -2.05. The van der Waals surface area contributed by atoms with Gasteiger partial charge in [0, 0.05) is 5.56 Å². The third-order valence-corrected chi connectivity index (χ3v) is 3.36. The van der Waals surface area contributed by atoms with Crippen LogP contribution in [0.4, 0.5) is 0 Å². The average Bonchev–Trinajstić information content (AvgIpc) is 2.38. The van der Waals surface area contributed by atoms with Gasteiger partial charge in [0.2, 0.25) is 0 Å². The van der Waals surface area contributed by atoms with Crippen LogP contribution in [0, 0.1) is 3.57 Å². The molecule has 0 aliphatic carbocycles. The molecule has 0 amide bonds. The Kier molecular flexibility index (Phi) is 4.19. The Hall–Kier alpha value is -1.56. The molecule has 18 heavy (non-hydrogen) atoms. The number of hydrogen-bond acceptors (Lipinski definition) is 2. The molecule has 0 atom stereocenters. The molecule has 0 saturated heterocycles. The zero-order valence-corrected chi connectivity index (χ0v) is 11.6. The first-order valence-electron chi connectivity index (χ1n) is 5.37. The van der Waals surface area contributed by atoms with Crippen LogP contribution >= 0.6 is 22.6 Å². The van der Waals surface area contributed by atoms with Gasteiger partial charge in [-0.2, -0.15) is 0 Å². The van der Waals surface area contributed by atoms with Gasteiger partial charge < -0.3 is 9.84 Å². The quantitative estimate of drug-likeness (QED) is 0.854. The van der Waals surface area contributed by atoms with E-state index in [4.69, 9.17) is 9.84 Å². The van der Waals surface area contributed by atoms with Gasteiger partial charge in [0.1, 0.15) is 12.4 Å². The topological polar surface area (TPSA) is 46.5 Å². The number of aromatic carboxylic acids is 1. The van der Waals surface area contributed by atoms with Crippen LogP contribution in [0.1, 0.15) is 15.9 Å². The Morgan fingerprint density at radius 1 is 1.11 bits per heavy atom. The molecule has 0 heterocycles. The molecular weight excluding hydrogens is 343 g/mol. The molecule has 0 aliphatic heterocycles. The van der Waals surface area contributed by atoms with Crippen LogP contribution in [0.3, 0.4) is 0 Å². The van der Waals surface area contributed by atoms with Crippen molar-refractivity contribution in [2.45, 2.75) is 6.61 Å². The lowest BCUT2D eigenvalue weighted by atomic mass is 10.1. The first-order chi connectivity index (χ1) is 8.68. The minimum Gasteiger partial charge on any atom is -0.488 e. The second kappa shape index (κ2) is 5.86. The summed E-state index contributed by atoms with van der Waals surface area (Å²) < 4.78 is 6.65. The molecule has 0 bridgehead atoms. The normalized spacial score (nSPS) is 10.1. The minimum atomic E-state index is -0.933. The van der Waals surface area contributed by atoms with Gasteiger partial charge in [0.15, 0.2) is 0 Å². The number of para-hydroxylation sites is 1.